The van der Waals surface area contributed by atoms with Gasteiger partial charge in [0.25, 0.3) is 0 Å². The molecule has 2 aromatic rings. The largest absolute Gasteiger partial charge is 0.504 e. The molecule has 3 heterocycles. The fraction of sp³-hybridized carbons (Fsp3) is 0.500. The summed E-state index contributed by atoms with van der Waals surface area (Å²) in [4.78, 5) is 12.4. The van der Waals surface area contributed by atoms with Crippen LogP contribution in [0.3, 0.4) is 0 Å². The molecule has 10 nitrogen and oxygen atoms in total. The normalized spacial score (nSPS) is 27.0. The molecule has 2 aromatic carbocycles. The number of ether oxygens (including phenoxy) is 4. The van der Waals surface area contributed by atoms with E-state index in [0.29, 0.717) is 44.1 Å². The Balaban J connectivity index is 1.74. The molecule has 5 atom stereocenters. The predicted molar refractivity (Wildman–Crippen MR) is 126 cm³/mol. The van der Waals surface area contributed by atoms with E-state index in [1.165, 1.54) is 13.2 Å². The lowest BCUT2D eigenvalue weighted by Gasteiger charge is -2.40. The van der Waals surface area contributed by atoms with Crippen molar-refractivity contribution in [1.82, 2.24) is 0 Å². The van der Waals surface area contributed by atoms with Gasteiger partial charge >= 0.3 is 0 Å². The molecule has 5 unspecified atom stereocenters. The number of aromatic hydroxyl groups is 1. The third-order valence-electron chi connectivity index (χ3n) is 6.53. The van der Waals surface area contributed by atoms with Gasteiger partial charge in [0.05, 0.1) is 13.7 Å². The van der Waals surface area contributed by atoms with Crippen molar-refractivity contribution in [3.63, 3.8) is 0 Å². The SMILES string of the molecule is COc1c2ccc(c1OC1OC(CO)C(O)C(O)C1O)CCCCC(=O)CCc1ccc(O)c(c1)O2. The number of aliphatic hydroxyl groups is 4. The molecule has 0 aromatic heterocycles. The van der Waals surface area contributed by atoms with Crippen LogP contribution in [0.5, 0.6) is 28.7 Å². The minimum Gasteiger partial charge on any atom is -0.504 e. The van der Waals surface area contributed by atoms with Crippen LogP contribution in [0, 0.1) is 0 Å². The number of aliphatic hydroxyl groups excluding tert-OH is 4. The maximum atomic E-state index is 12.4. The number of benzene rings is 2. The standard InChI is InChI=1S/C26H32O10/c1-33-25-18-11-8-15(24(25)36-26-23(32)22(31)21(30)20(13-27)35-26)4-2-3-5-16(28)9-6-14-7-10-17(29)19(12-14)34-18/h7-8,10-12,20-23,26-27,29-32H,2-6,9,13H2,1H3. The van der Waals surface area contributed by atoms with Crippen molar-refractivity contribution in [3.05, 3.63) is 41.5 Å². The Kier molecular flexibility index (Phi) is 8.32. The molecule has 36 heavy (non-hydrogen) atoms. The van der Waals surface area contributed by atoms with Crippen LogP contribution < -0.4 is 14.2 Å². The molecule has 196 valence electrons. The van der Waals surface area contributed by atoms with Gasteiger partial charge in [-0.1, -0.05) is 12.1 Å². The van der Waals surface area contributed by atoms with Gasteiger partial charge in [-0.15, -0.1) is 0 Å². The fourth-order valence-electron chi connectivity index (χ4n) is 4.43. The summed E-state index contributed by atoms with van der Waals surface area (Å²) in [5, 5.41) is 50.7. The van der Waals surface area contributed by atoms with E-state index in [1.807, 2.05) is 0 Å². The number of aryl methyl sites for hydroxylation is 2. The molecule has 0 amide bonds. The highest BCUT2D eigenvalue weighted by Gasteiger charge is 2.45. The summed E-state index contributed by atoms with van der Waals surface area (Å²) < 4.78 is 23.1. The first-order chi connectivity index (χ1) is 17.3. The van der Waals surface area contributed by atoms with E-state index in [2.05, 4.69) is 0 Å². The average Bonchev–Trinajstić information content (AvgIpc) is 2.88. The van der Waals surface area contributed by atoms with Crippen LogP contribution in [0.15, 0.2) is 30.3 Å². The summed E-state index contributed by atoms with van der Waals surface area (Å²) in [6.07, 6.45) is -4.12. The first kappa shape index (κ1) is 26.2. The monoisotopic (exact) mass is 504 g/mol. The molecular weight excluding hydrogens is 472 g/mol. The number of hydrogen-bond donors (Lipinski definition) is 5. The van der Waals surface area contributed by atoms with E-state index in [-0.39, 0.29) is 34.5 Å². The molecule has 0 aliphatic carbocycles. The molecule has 0 spiro atoms. The molecule has 5 rings (SSSR count). The number of carbonyl (C=O) groups excluding carboxylic acids is 1. The van der Waals surface area contributed by atoms with Crippen LogP contribution in [0.1, 0.15) is 36.8 Å². The van der Waals surface area contributed by atoms with Crippen molar-refractivity contribution in [1.29, 1.82) is 0 Å². The summed E-state index contributed by atoms with van der Waals surface area (Å²) in [5.41, 5.74) is 1.51. The number of ketones is 1. The van der Waals surface area contributed by atoms with Crippen LogP contribution in [0.25, 0.3) is 0 Å². The molecule has 10 heteroatoms. The zero-order valence-corrected chi connectivity index (χ0v) is 20.0. The van der Waals surface area contributed by atoms with Gasteiger partial charge in [-0.2, -0.15) is 0 Å². The van der Waals surface area contributed by atoms with Crippen LogP contribution in [0.4, 0.5) is 0 Å². The maximum Gasteiger partial charge on any atom is 0.229 e. The highest BCUT2D eigenvalue weighted by molar-refractivity contribution is 5.78. The number of phenols is 1. The van der Waals surface area contributed by atoms with E-state index in [1.54, 1.807) is 24.3 Å². The quantitative estimate of drug-likeness (QED) is 0.415. The third-order valence-corrected chi connectivity index (χ3v) is 6.53. The van der Waals surface area contributed by atoms with Crippen LogP contribution in [0.2, 0.25) is 0 Å². The molecule has 4 bridgehead atoms. The van der Waals surface area contributed by atoms with Gasteiger partial charge in [0.15, 0.2) is 23.0 Å². The smallest absolute Gasteiger partial charge is 0.229 e. The molecule has 0 saturated carbocycles. The molecule has 0 radical (unpaired) electrons. The molecule has 1 fully saturated rings. The van der Waals surface area contributed by atoms with E-state index >= 15 is 0 Å². The number of phenolic OH excluding ortho intramolecular Hbond substituents is 1. The minimum absolute atomic E-state index is 0.100. The maximum absolute atomic E-state index is 12.4. The van der Waals surface area contributed by atoms with Gasteiger partial charge in [0.2, 0.25) is 12.0 Å². The Morgan fingerprint density at radius 1 is 0.917 bits per heavy atom. The van der Waals surface area contributed by atoms with Crippen molar-refractivity contribution < 1.29 is 49.3 Å². The number of hydrogen-bond acceptors (Lipinski definition) is 10. The Labute approximate surface area is 208 Å². The Hall–Kier alpha value is -2.89. The number of rotatable bonds is 4. The number of Topliss-reactive ketones (excluding diaryl/α,β-unsaturated/α-hetero) is 1. The first-order valence-corrected chi connectivity index (χ1v) is 12.0. The van der Waals surface area contributed by atoms with Crippen LogP contribution in [-0.4, -0.2) is 75.7 Å². The van der Waals surface area contributed by atoms with Crippen molar-refractivity contribution in [2.45, 2.75) is 69.2 Å². The zero-order valence-electron chi connectivity index (χ0n) is 20.0. The van der Waals surface area contributed by atoms with Crippen molar-refractivity contribution in [2.75, 3.05) is 13.7 Å². The van der Waals surface area contributed by atoms with Crippen molar-refractivity contribution in [2.24, 2.45) is 0 Å². The molecule has 3 aliphatic rings. The second kappa shape index (κ2) is 11.4. The highest BCUT2D eigenvalue weighted by atomic mass is 16.7. The minimum atomic E-state index is -1.61. The molecular formula is C26H32O10. The van der Waals surface area contributed by atoms with Gasteiger partial charge in [-0.3, -0.25) is 4.79 Å². The summed E-state index contributed by atoms with van der Waals surface area (Å²) in [6.45, 7) is -0.596. The summed E-state index contributed by atoms with van der Waals surface area (Å²) in [7, 11) is 1.41. The number of fused-ring (bicyclic) bond motifs is 8. The summed E-state index contributed by atoms with van der Waals surface area (Å²) >= 11 is 0. The van der Waals surface area contributed by atoms with Gasteiger partial charge in [-0.25, -0.2) is 0 Å². The van der Waals surface area contributed by atoms with Gasteiger partial charge in [0, 0.05) is 12.8 Å². The predicted octanol–water partition coefficient (Wildman–Crippen LogP) is 1.60. The number of methoxy groups -OCH3 is 1. The summed E-state index contributed by atoms with van der Waals surface area (Å²) in [6, 6.07) is 8.32. The van der Waals surface area contributed by atoms with Crippen LogP contribution >= 0.6 is 0 Å². The lowest BCUT2D eigenvalue weighted by molar-refractivity contribution is -0.277. The van der Waals surface area contributed by atoms with E-state index in [9.17, 15) is 30.3 Å². The second-order valence-electron chi connectivity index (χ2n) is 9.05. The Morgan fingerprint density at radius 2 is 1.69 bits per heavy atom. The van der Waals surface area contributed by atoms with Crippen molar-refractivity contribution in [3.8, 4) is 28.7 Å². The van der Waals surface area contributed by atoms with Gasteiger partial charge in [0.1, 0.15) is 30.2 Å². The topological polar surface area (TPSA) is 155 Å². The second-order valence-corrected chi connectivity index (χ2v) is 9.05. The van der Waals surface area contributed by atoms with Crippen LogP contribution in [-0.2, 0) is 22.4 Å². The third kappa shape index (κ3) is 5.58. The fourth-order valence-corrected chi connectivity index (χ4v) is 4.43. The van der Waals surface area contributed by atoms with Gasteiger partial charge in [-0.05, 0) is 55.0 Å². The molecule has 5 N–H and O–H groups in total. The van der Waals surface area contributed by atoms with E-state index < -0.39 is 37.3 Å². The van der Waals surface area contributed by atoms with E-state index in [0.717, 1.165) is 5.56 Å². The van der Waals surface area contributed by atoms with Crippen molar-refractivity contribution >= 4 is 5.78 Å². The molecule has 3 aliphatic heterocycles. The zero-order chi connectivity index (χ0) is 25.8. The lowest BCUT2D eigenvalue weighted by Crippen LogP contribution is -2.60. The van der Waals surface area contributed by atoms with E-state index in [4.69, 9.17) is 18.9 Å². The number of carbonyl (C=O) groups is 1. The summed E-state index contributed by atoms with van der Waals surface area (Å²) in [5.74, 6) is 0.776. The van der Waals surface area contributed by atoms with Gasteiger partial charge < -0.3 is 44.5 Å². The first-order valence-electron chi connectivity index (χ1n) is 12.0. The average molecular weight is 505 g/mol. The Morgan fingerprint density at radius 3 is 2.44 bits per heavy atom. The Bertz CT molecular complexity index is 1070. The molecule has 1 saturated heterocycles. The lowest BCUT2D eigenvalue weighted by atomic mass is 9.99. The highest BCUT2D eigenvalue weighted by Crippen LogP contribution is 2.45.